The maximum Gasteiger partial charge on any atom is 0.272 e. The van der Waals surface area contributed by atoms with Crippen molar-refractivity contribution >= 4 is 5.91 Å². The van der Waals surface area contributed by atoms with Gasteiger partial charge in [0.05, 0.1) is 5.69 Å². The predicted octanol–water partition coefficient (Wildman–Crippen LogP) is 3.76. The number of amides is 1. The molecule has 3 rings (SSSR count). The number of carbonyl (C=O) groups excluding carboxylic acids is 1. The third-order valence-electron chi connectivity index (χ3n) is 4.16. The van der Waals surface area contributed by atoms with Gasteiger partial charge in [0.2, 0.25) is 0 Å². The third kappa shape index (κ3) is 3.16. The number of hydrogen-bond acceptors (Lipinski definition) is 2. The van der Waals surface area contributed by atoms with E-state index in [4.69, 9.17) is 0 Å². The molecule has 1 amide bonds. The van der Waals surface area contributed by atoms with E-state index >= 15 is 0 Å². The molecule has 3 nitrogen and oxygen atoms in total. The number of halogens is 1. The average molecular weight is 298 g/mol. The van der Waals surface area contributed by atoms with Gasteiger partial charge in [-0.25, -0.2) is 9.37 Å². The lowest BCUT2D eigenvalue weighted by Crippen LogP contribution is -2.38. The molecule has 1 aliphatic heterocycles. The zero-order valence-electron chi connectivity index (χ0n) is 12.6. The lowest BCUT2D eigenvalue weighted by atomic mass is 9.99. The van der Waals surface area contributed by atoms with Gasteiger partial charge < -0.3 is 4.90 Å². The van der Waals surface area contributed by atoms with Crippen molar-refractivity contribution in [2.75, 3.05) is 13.1 Å². The number of nitrogens with zero attached hydrogens (tertiary/aromatic N) is 2. The van der Waals surface area contributed by atoms with Crippen LogP contribution in [0, 0.1) is 11.7 Å². The Morgan fingerprint density at radius 2 is 1.91 bits per heavy atom. The molecule has 1 fully saturated rings. The number of hydrogen-bond donors (Lipinski definition) is 0. The minimum atomic E-state index is -0.305. The first-order chi connectivity index (χ1) is 10.6. The summed E-state index contributed by atoms with van der Waals surface area (Å²) < 4.78 is 13.3. The summed E-state index contributed by atoms with van der Waals surface area (Å²) in [5.41, 5.74) is 1.73. The number of aromatic nitrogens is 1. The molecule has 1 aromatic heterocycles. The zero-order chi connectivity index (χ0) is 15.5. The van der Waals surface area contributed by atoms with Crippen LogP contribution < -0.4 is 0 Å². The Balaban J connectivity index is 1.83. The Morgan fingerprint density at radius 1 is 1.18 bits per heavy atom. The molecule has 0 radical (unpaired) electrons. The van der Waals surface area contributed by atoms with Crippen LogP contribution in [0.15, 0.2) is 42.5 Å². The van der Waals surface area contributed by atoms with E-state index in [9.17, 15) is 9.18 Å². The van der Waals surface area contributed by atoms with Crippen molar-refractivity contribution in [2.45, 2.75) is 19.8 Å². The Morgan fingerprint density at radius 3 is 2.64 bits per heavy atom. The largest absolute Gasteiger partial charge is 0.337 e. The molecule has 22 heavy (non-hydrogen) atoms. The van der Waals surface area contributed by atoms with E-state index in [1.165, 1.54) is 12.1 Å². The number of likely N-dealkylation sites (tertiary alicyclic amines) is 1. The SMILES string of the molecule is CC1CCN(C(=O)c2cccc(-c3cccc(F)c3)n2)CC1. The molecule has 0 atom stereocenters. The van der Waals surface area contributed by atoms with E-state index in [-0.39, 0.29) is 11.7 Å². The molecule has 4 heteroatoms. The molecule has 0 spiro atoms. The zero-order valence-corrected chi connectivity index (χ0v) is 12.6. The molecule has 1 saturated heterocycles. The minimum absolute atomic E-state index is 0.0369. The van der Waals surface area contributed by atoms with Gasteiger partial charge in [0.15, 0.2) is 0 Å². The summed E-state index contributed by atoms with van der Waals surface area (Å²) >= 11 is 0. The fraction of sp³-hybridized carbons (Fsp3) is 0.333. The smallest absolute Gasteiger partial charge is 0.272 e. The van der Waals surface area contributed by atoms with Crippen molar-refractivity contribution in [3.8, 4) is 11.3 Å². The Labute approximate surface area is 129 Å². The minimum Gasteiger partial charge on any atom is -0.337 e. The van der Waals surface area contributed by atoms with Crippen LogP contribution in [0.5, 0.6) is 0 Å². The highest BCUT2D eigenvalue weighted by Crippen LogP contribution is 2.21. The van der Waals surface area contributed by atoms with Crippen LogP contribution in [0.1, 0.15) is 30.3 Å². The highest BCUT2D eigenvalue weighted by Gasteiger charge is 2.22. The van der Waals surface area contributed by atoms with Crippen LogP contribution in [0.3, 0.4) is 0 Å². The topological polar surface area (TPSA) is 33.2 Å². The highest BCUT2D eigenvalue weighted by molar-refractivity contribution is 5.92. The quantitative estimate of drug-likeness (QED) is 0.846. The normalized spacial score (nSPS) is 15.8. The summed E-state index contributed by atoms with van der Waals surface area (Å²) in [6.07, 6.45) is 2.07. The van der Waals surface area contributed by atoms with Crippen molar-refractivity contribution in [1.29, 1.82) is 0 Å². The van der Waals surface area contributed by atoms with Crippen LogP contribution in [0.25, 0.3) is 11.3 Å². The van der Waals surface area contributed by atoms with Crippen molar-refractivity contribution < 1.29 is 9.18 Å². The van der Waals surface area contributed by atoms with Crippen LogP contribution in [0.4, 0.5) is 4.39 Å². The maximum absolute atomic E-state index is 13.3. The standard InChI is InChI=1S/C18H19FN2O/c1-13-8-10-21(11-9-13)18(22)17-7-3-6-16(20-17)14-4-2-5-15(19)12-14/h2-7,12-13H,8-11H2,1H3. The van der Waals surface area contributed by atoms with Gasteiger partial charge in [-0.1, -0.05) is 25.1 Å². The fourth-order valence-corrected chi connectivity index (χ4v) is 2.74. The highest BCUT2D eigenvalue weighted by atomic mass is 19.1. The second-order valence-electron chi connectivity index (χ2n) is 5.89. The van der Waals surface area contributed by atoms with Crippen LogP contribution in [-0.2, 0) is 0 Å². The first kappa shape index (κ1) is 14.7. The molecule has 0 N–H and O–H groups in total. The van der Waals surface area contributed by atoms with Crippen LogP contribution in [-0.4, -0.2) is 28.9 Å². The first-order valence-electron chi connectivity index (χ1n) is 7.66. The van der Waals surface area contributed by atoms with Crippen molar-refractivity contribution in [3.05, 3.63) is 54.0 Å². The maximum atomic E-state index is 13.3. The molecule has 0 unspecified atom stereocenters. The Hall–Kier alpha value is -2.23. The summed E-state index contributed by atoms with van der Waals surface area (Å²) in [6, 6.07) is 11.6. The molecule has 114 valence electrons. The van der Waals surface area contributed by atoms with Gasteiger partial charge in [-0.2, -0.15) is 0 Å². The summed E-state index contributed by atoms with van der Waals surface area (Å²) in [5.74, 6) is 0.335. The number of piperidine rings is 1. The van der Waals surface area contributed by atoms with E-state index in [1.807, 2.05) is 4.90 Å². The lowest BCUT2D eigenvalue weighted by Gasteiger charge is -2.30. The van der Waals surface area contributed by atoms with E-state index in [0.717, 1.165) is 25.9 Å². The van der Waals surface area contributed by atoms with Crippen LogP contribution >= 0.6 is 0 Å². The second kappa shape index (κ2) is 6.26. The Bertz CT molecular complexity index is 678. The van der Waals surface area contributed by atoms with Gasteiger partial charge in [0.1, 0.15) is 11.5 Å². The molecule has 2 heterocycles. The molecule has 0 aliphatic carbocycles. The van der Waals surface area contributed by atoms with Crippen molar-refractivity contribution in [2.24, 2.45) is 5.92 Å². The van der Waals surface area contributed by atoms with Gasteiger partial charge in [-0.15, -0.1) is 0 Å². The molecule has 2 aromatic rings. The Kier molecular flexibility index (Phi) is 4.18. The number of rotatable bonds is 2. The average Bonchev–Trinajstić information content (AvgIpc) is 2.55. The van der Waals surface area contributed by atoms with Gasteiger partial charge in [0.25, 0.3) is 5.91 Å². The van der Waals surface area contributed by atoms with Gasteiger partial charge in [-0.05, 0) is 43.0 Å². The summed E-state index contributed by atoms with van der Waals surface area (Å²) in [4.78, 5) is 18.8. The molecular weight excluding hydrogens is 279 g/mol. The number of carbonyl (C=O) groups is 1. The van der Waals surface area contributed by atoms with E-state index < -0.39 is 0 Å². The fourth-order valence-electron chi connectivity index (χ4n) is 2.74. The molecule has 0 bridgehead atoms. The second-order valence-corrected chi connectivity index (χ2v) is 5.89. The van der Waals surface area contributed by atoms with Gasteiger partial charge in [-0.3, -0.25) is 4.79 Å². The third-order valence-corrected chi connectivity index (χ3v) is 4.16. The summed E-state index contributed by atoms with van der Waals surface area (Å²) in [6.45, 7) is 3.78. The van der Waals surface area contributed by atoms with Gasteiger partial charge >= 0.3 is 0 Å². The molecule has 0 saturated carbocycles. The predicted molar refractivity (Wildman–Crippen MR) is 83.9 cm³/mol. The summed E-state index contributed by atoms with van der Waals surface area (Å²) in [7, 11) is 0. The van der Waals surface area contributed by atoms with Crippen molar-refractivity contribution in [1.82, 2.24) is 9.88 Å². The monoisotopic (exact) mass is 298 g/mol. The number of pyridine rings is 1. The molecular formula is C18H19FN2O. The van der Waals surface area contributed by atoms with E-state index in [2.05, 4.69) is 11.9 Å². The lowest BCUT2D eigenvalue weighted by molar-refractivity contribution is 0.0691. The summed E-state index contributed by atoms with van der Waals surface area (Å²) in [5, 5.41) is 0. The molecule has 1 aromatic carbocycles. The van der Waals surface area contributed by atoms with Crippen LogP contribution in [0.2, 0.25) is 0 Å². The first-order valence-corrected chi connectivity index (χ1v) is 7.66. The van der Waals surface area contributed by atoms with Crippen molar-refractivity contribution in [3.63, 3.8) is 0 Å². The van der Waals surface area contributed by atoms with E-state index in [1.54, 1.807) is 30.3 Å². The molecule has 1 aliphatic rings. The van der Waals surface area contributed by atoms with E-state index in [0.29, 0.717) is 22.9 Å². The van der Waals surface area contributed by atoms with Gasteiger partial charge in [0, 0.05) is 18.7 Å². The number of benzene rings is 1.